The first-order valence-corrected chi connectivity index (χ1v) is 9.80. The fraction of sp³-hybridized carbons (Fsp3) is 0.300. The number of carbonyl (C=O) groups excluding carboxylic acids is 1. The summed E-state index contributed by atoms with van der Waals surface area (Å²) in [7, 11) is 0. The van der Waals surface area contributed by atoms with Gasteiger partial charge in [-0.05, 0) is 38.0 Å². The number of hydrogen-bond acceptors (Lipinski definition) is 7. The molecule has 1 aromatic carbocycles. The van der Waals surface area contributed by atoms with E-state index in [-0.39, 0.29) is 22.6 Å². The molecule has 0 saturated heterocycles. The second-order valence-electron chi connectivity index (χ2n) is 7.04. The zero-order valence-electron chi connectivity index (χ0n) is 16.4. The lowest BCUT2D eigenvalue weighted by Gasteiger charge is -2.29. The Bertz CT molecular complexity index is 1060. The minimum atomic E-state index is -0.700. The number of azo groups is 1. The Balaban J connectivity index is 1.50. The van der Waals surface area contributed by atoms with Gasteiger partial charge in [0, 0.05) is 13.1 Å². The Kier molecular flexibility index (Phi) is 5.54. The Morgan fingerprint density at radius 1 is 1.30 bits per heavy atom. The summed E-state index contributed by atoms with van der Waals surface area (Å²) in [5.74, 6) is -0.546. The topological polar surface area (TPSA) is 95.2 Å². The van der Waals surface area contributed by atoms with Crippen molar-refractivity contribution in [3.05, 3.63) is 58.3 Å². The van der Waals surface area contributed by atoms with Crippen molar-refractivity contribution in [2.24, 2.45) is 15.2 Å². The summed E-state index contributed by atoms with van der Waals surface area (Å²) in [6.45, 7) is 5.35. The molecule has 0 saturated carbocycles. The molecule has 4 rings (SSSR count). The van der Waals surface area contributed by atoms with Crippen LogP contribution in [0.1, 0.15) is 36.3 Å². The molecule has 1 atom stereocenters. The molecule has 0 radical (unpaired) electrons. The monoisotopic (exact) mass is 427 g/mol. The first kappa shape index (κ1) is 20.1. The highest BCUT2D eigenvalue weighted by molar-refractivity contribution is 6.34. The van der Waals surface area contributed by atoms with Crippen LogP contribution in [0.4, 0.5) is 10.2 Å². The molecule has 2 aliphatic heterocycles. The number of hydrogen-bond donors (Lipinski definition) is 1. The Morgan fingerprint density at radius 2 is 2.13 bits per heavy atom. The summed E-state index contributed by atoms with van der Waals surface area (Å²) in [4.78, 5) is 27.5. The van der Waals surface area contributed by atoms with E-state index in [1.54, 1.807) is 6.20 Å². The van der Waals surface area contributed by atoms with Crippen molar-refractivity contribution in [2.75, 3.05) is 18.4 Å². The highest BCUT2D eigenvalue weighted by atomic mass is 35.5. The largest absolute Gasteiger partial charge is 0.335 e. The Hall–Kier alpha value is -3.20. The normalized spacial score (nSPS) is 18.6. The van der Waals surface area contributed by atoms with Crippen molar-refractivity contribution in [1.82, 2.24) is 14.9 Å². The predicted octanol–water partition coefficient (Wildman–Crippen LogP) is 4.17. The average molecular weight is 428 g/mol. The molecule has 10 heteroatoms. The minimum Gasteiger partial charge on any atom is -0.335 e. The summed E-state index contributed by atoms with van der Waals surface area (Å²) in [5, 5.41) is 10.7. The van der Waals surface area contributed by atoms with Crippen molar-refractivity contribution in [3.63, 3.8) is 0 Å². The number of guanidine groups is 1. The van der Waals surface area contributed by atoms with E-state index in [4.69, 9.17) is 11.6 Å². The zero-order valence-corrected chi connectivity index (χ0v) is 17.2. The van der Waals surface area contributed by atoms with Gasteiger partial charge in [-0.15, -0.1) is 5.11 Å². The maximum absolute atomic E-state index is 13.9. The molecule has 1 aromatic heterocycles. The van der Waals surface area contributed by atoms with Gasteiger partial charge in [0.2, 0.25) is 5.96 Å². The third-order valence-electron chi connectivity index (χ3n) is 4.91. The van der Waals surface area contributed by atoms with Gasteiger partial charge in [0.1, 0.15) is 5.82 Å². The van der Waals surface area contributed by atoms with Gasteiger partial charge < -0.3 is 10.2 Å². The van der Waals surface area contributed by atoms with Crippen molar-refractivity contribution in [2.45, 2.75) is 26.4 Å². The van der Waals surface area contributed by atoms with E-state index in [0.717, 1.165) is 18.5 Å². The van der Waals surface area contributed by atoms with E-state index < -0.39 is 11.7 Å². The van der Waals surface area contributed by atoms with Crippen molar-refractivity contribution >= 4 is 34.9 Å². The van der Waals surface area contributed by atoms with Crippen LogP contribution in [0.2, 0.25) is 5.02 Å². The van der Waals surface area contributed by atoms with Crippen LogP contribution in [0.3, 0.4) is 0 Å². The zero-order chi connectivity index (χ0) is 21.3. The molecule has 0 aliphatic carbocycles. The van der Waals surface area contributed by atoms with Crippen LogP contribution >= 0.6 is 11.6 Å². The Morgan fingerprint density at radius 3 is 2.80 bits per heavy atom. The predicted molar refractivity (Wildman–Crippen MR) is 112 cm³/mol. The smallest absolute Gasteiger partial charge is 0.261 e. The van der Waals surface area contributed by atoms with Crippen LogP contribution in [0, 0.1) is 5.82 Å². The highest BCUT2D eigenvalue weighted by Gasteiger charge is 2.24. The molecule has 30 heavy (non-hydrogen) atoms. The molecular weight excluding hydrogens is 409 g/mol. The van der Waals surface area contributed by atoms with E-state index in [2.05, 4.69) is 42.3 Å². The number of aliphatic imine (C=N–C) groups is 1. The van der Waals surface area contributed by atoms with E-state index in [1.165, 1.54) is 30.0 Å². The van der Waals surface area contributed by atoms with Crippen LogP contribution < -0.4 is 5.32 Å². The number of halogens is 2. The maximum Gasteiger partial charge on any atom is 0.261 e. The Labute approximate surface area is 177 Å². The molecule has 154 valence electrons. The number of benzene rings is 1. The van der Waals surface area contributed by atoms with Gasteiger partial charge in [-0.3, -0.25) is 9.78 Å². The lowest BCUT2D eigenvalue weighted by molar-refractivity contribution is 0.102. The number of carbonyl (C=O) groups is 1. The lowest BCUT2D eigenvalue weighted by atomic mass is 9.99. The number of aromatic nitrogens is 2. The number of amides is 1. The first-order chi connectivity index (χ1) is 14.4. The highest BCUT2D eigenvalue weighted by Crippen LogP contribution is 2.27. The quantitative estimate of drug-likeness (QED) is 0.795. The molecule has 0 spiro atoms. The van der Waals surface area contributed by atoms with Gasteiger partial charge in [0.05, 0.1) is 28.7 Å². The fourth-order valence-electron chi connectivity index (χ4n) is 3.27. The van der Waals surface area contributed by atoms with E-state index in [0.29, 0.717) is 18.2 Å². The third kappa shape index (κ3) is 4.06. The summed E-state index contributed by atoms with van der Waals surface area (Å²) in [5.41, 5.74) is 2.70. The van der Waals surface area contributed by atoms with Gasteiger partial charge >= 0.3 is 0 Å². The summed E-state index contributed by atoms with van der Waals surface area (Å²) in [6.07, 6.45) is 3.73. The third-order valence-corrected chi connectivity index (χ3v) is 5.23. The minimum absolute atomic E-state index is 0.0291. The molecule has 3 heterocycles. The fourth-order valence-corrected chi connectivity index (χ4v) is 3.52. The molecule has 2 aliphatic rings. The SMILES string of the molecule is CC1=C(c2cnc(NC(=O)c3c(F)cccc3Cl)cn2)CN(C2=NC(C)N=N2)CC1. The van der Waals surface area contributed by atoms with E-state index in [9.17, 15) is 9.18 Å². The van der Waals surface area contributed by atoms with Gasteiger partial charge in [-0.2, -0.15) is 5.11 Å². The first-order valence-electron chi connectivity index (χ1n) is 9.42. The molecule has 0 bridgehead atoms. The molecule has 1 N–H and O–H groups in total. The molecule has 8 nitrogen and oxygen atoms in total. The second kappa shape index (κ2) is 8.27. The molecule has 0 fully saturated rings. The summed E-state index contributed by atoms with van der Waals surface area (Å²) < 4.78 is 13.9. The second-order valence-corrected chi connectivity index (χ2v) is 7.45. The van der Waals surface area contributed by atoms with Gasteiger partial charge in [0.15, 0.2) is 12.0 Å². The summed E-state index contributed by atoms with van der Waals surface area (Å²) >= 11 is 5.94. The average Bonchev–Trinajstić information content (AvgIpc) is 3.15. The van der Waals surface area contributed by atoms with E-state index >= 15 is 0 Å². The number of rotatable bonds is 3. The van der Waals surface area contributed by atoms with Gasteiger partial charge in [-0.25, -0.2) is 14.4 Å². The van der Waals surface area contributed by atoms with Crippen LogP contribution in [0.5, 0.6) is 0 Å². The van der Waals surface area contributed by atoms with Gasteiger partial charge in [-0.1, -0.05) is 23.2 Å². The van der Waals surface area contributed by atoms with Crippen molar-refractivity contribution < 1.29 is 9.18 Å². The standard InChI is InChI=1S/C20H19ClFN7O/c1-11-6-7-29(20-25-12(2)27-28-20)10-13(11)16-8-24-17(9-23-16)26-19(30)18-14(21)4-3-5-15(18)22/h3-5,8-9,12H,6-7,10H2,1-2H3,(H,24,26,30). The van der Waals surface area contributed by atoms with Crippen LogP contribution in [-0.2, 0) is 0 Å². The van der Waals surface area contributed by atoms with Crippen molar-refractivity contribution in [3.8, 4) is 0 Å². The number of anilines is 1. The van der Waals surface area contributed by atoms with Crippen LogP contribution in [0.15, 0.2) is 51.4 Å². The molecule has 2 aromatic rings. The van der Waals surface area contributed by atoms with Gasteiger partial charge in [0.25, 0.3) is 5.91 Å². The van der Waals surface area contributed by atoms with Crippen molar-refractivity contribution in [1.29, 1.82) is 0 Å². The lowest BCUT2D eigenvalue weighted by Crippen LogP contribution is -2.35. The summed E-state index contributed by atoms with van der Waals surface area (Å²) in [6, 6.07) is 4.06. The maximum atomic E-state index is 13.9. The van der Waals surface area contributed by atoms with E-state index in [1.807, 2.05) is 6.92 Å². The molecule has 1 amide bonds. The van der Waals surface area contributed by atoms with Crippen LogP contribution in [0.25, 0.3) is 5.57 Å². The molecule has 1 unspecified atom stereocenters. The number of nitrogens with one attached hydrogen (secondary N) is 1. The van der Waals surface area contributed by atoms with Crippen LogP contribution in [-0.4, -0.2) is 46.0 Å². The number of nitrogens with zero attached hydrogens (tertiary/aromatic N) is 6. The molecular formula is C20H19ClFN7O.